The van der Waals surface area contributed by atoms with Crippen LogP contribution < -0.4 is 0 Å². The molecule has 0 aromatic carbocycles. The first kappa shape index (κ1) is 34.9. The van der Waals surface area contributed by atoms with Crippen molar-refractivity contribution in [3.63, 3.8) is 0 Å². The Bertz CT molecular complexity index is 813. The van der Waals surface area contributed by atoms with E-state index in [4.69, 9.17) is 0 Å². The van der Waals surface area contributed by atoms with Crippen LogP contribution >= 0.6 is 0 Å². The summed E-state index contributed by atoms with van der Waals surface area (Å²) in [7, 11) is 0. The molecule has 2 unspecified atom stereocenters. The monoisotopic (exact) mass is 548 g/mol. The number of carbonyl (C=O) groups is 3. The van der Waals surface area contributed by atoms with Crippen molar-refractivity contribution in [2.24, 2.45) is 10.8 Å². The summed E-state index contributed by atoms with van der Waals surface area (Å²) in [4.78, 5) is 38.6. The van der Waals surface area contributed by atoms with Crippen molar-refractivity contribution in [1.29, 1.82) is 0 Å². The van der Waals surface area contributed by atoms with Crippen molar-refractivity contribution in [2.45, 2.75) is 156 Å². The van der Waals surface area contributed by atoms with Crippen LogP contribution in [0.3, 0.4) is 0 Å². The van der Waals surface area contributed by atoms with Crippen molar-refractivity contribution >= 4 is 17.9 Å². The minimum Gasteiger partial charge on any atom is -0.481 e. The van der Waals surface area contributed by atoms with Crippen molar-refractivity contribution in [3.8, 4) is 0 Å². The first-order chi connectivity index (χ1) is 18.7. The average molecular weight is 549 g/mol. The smallest absolute Gasteiger partial charge is 0.335 e. The highest BCUT2D eigenvalue weighted by molar-refractivity contribution is 5.98. The molecule has 0 bridgehead atoms. The molecule has 0 radical (unpaired) electrons. The Morgan fingerprint density at radius 3 is 1.28 bits per heavy atom. The molecule has 6 heteroatoms. The molecule has 0 saturated heterocycles. The van der Waals surface area contributed by atoms with Crippen LogP contribution in [0.5, 0.6) is 0 Å². The summed E-state index contributed by atoms with van der Waals surface area (Å²) in [6.07, 6.45) is 21.4. The normalized spacial score (nSPS) is 20.9. The molecule has 1 aliphatic rings. The van der Waals surface area contributed by atoms with Gasteiger partial charge in [-0.1, -0.05) is 142 Å². The van der Waals surface area contributed by atoms with Crippen LogP contribution in [-0.4, -0.2) is 33.2 Å². The lowest BCUT2D eigenvalue weighted by Gasteiger charge is -2.45. The summed E-state index contributed by atoms with van der Waals surface area (Å²) < 4.78 is 0. The van der Waals surface area contributed by atoms with Gasteiger partial charge in [0.15, 0.2) is 0 Å². The van der Waals surface area contributed by atoms with Crippen molar-refractivity contribution in [3.05, 3.63) is 23.3 Å². The van der Waals surface area contributed by atoms with Gasteiger partial charge in [-0.3, -0.25) is 9.59 Å². The number of hydrogen-bond donors (Lipinski definition) is 3. The maximum Gasteiger partial charge on any atom is 0.335 e. The molecule has 0 aromatic heterocycles. The molecule has 224 valence electrons. The van der Waals surface area contributed by atoms with Crippen LogP contribution in [0.15, 0.2) is 23.3 Å². The lowest BCUT2D eigenvalue weighted by atomic mass is 9.54. The number of carboxylic acids is 3. The zero-order chi connectivity index (χ0) is 29.2. The van der Waals surface area contributed by atoms with Gasteiger partial charge in [0.05, 0.1) is 5.57 Å². The summed E-state index contributed by atoms with van der Waals surface area (Å²) in [6, 6.07) is 0. The lowest BCUT2D eigenvalue weighted by molar-refractivity contribution is -0.167. The molecule has 0 spiro atoms. The Morgan fingerprint density at radius 2 is 0.897 bits per heavy atom. The number of aliphatic carboxylic acids is 3. The number of rotatable bonds is 24. The summed E-state index contributed by atoms with van der Waals surface area (Å²) >= 11 is 0. The van der Waals surface area contributed by atoms with E-state index in [1.54, 1.807) is 6.08 Å². The molecule has 39 heavy (non-hydrogen) atoms. The highest BCUT2D eigenvalue weighted by Gasteiger charge is 2.60. The maximum absolute atomic E-state index is 13.1. The quantitative estimate of drug-likeness (QED) is 0.104. The van der Waals surface area contributed by atoms with Gasteiger partial charge in [-0.2, -0.15) is 0 Å². The van der Waals surface area contributed by atoms with Gasteiger partial charge in [0.25, 0.3) is 0 Å². The van der Waals surface area contributed by atoms with E-state index >= 15 is 0 Å². The zero-order valence-corrected chi connectivity index (χ0v) is 25.1. The Kier molecular flexibility index (Phi) is 17.1. The van der Waals surface area contributed by atoms with Crippen molar-refractivity contribution in [1.82, 2.24) is 0 Å². The van der Waals surface area contributed by atoms with Gasteiger partial charge in [0.1, 0.15) is 10.8 Å². The fourth-order valence-corrected chi connectivity index (χ4v) is 6.15. The van der Waals surface area contributed by atoms with Gasteiger partial charge in [0.2, 0.25) is 0 Å². The minimum atomic E-state index is -1.77. The SMILES string of the molecule is CCCCCCCCC1=CC(CCCCCCCC)(C(=O)O)C(CCCCCCCC)(C(=O)O)C=C1C(=O)O. The van der Waals surface area contributed by atoms with E-state index in [0.29, 0.717) is 24.8 Å². The van der Waals surface area contributed by atoms with Crippen LogP contribution in [0.1, 0.15) is 156 Å². The standard InChI is InChI=1S/C33H56O6/c1-4-7-10-13-16-19-22-27-25-32(30(36)37,23-20-17-14-11-8-5-2)33(31(38)39,26-28(27)29(34)35)24-21-18-15-12-9-6-3/h25-26H,4-24H2,1-3H3,(H,34,35)(H,36,37)(H,38,39). The van der Waals surface area contributed by atoms with Crippen LogP contribution in [0.2, 0.25) is 0 Å². The second kappa shape index (κ2) is 19.0. The molecule has 0 heterocycles. The van der Waals surface area contributed by atoms with Gasteiger partial charge < -0.3 is 15.3 Å². The number of hydrogen-bond acceptors (Lipinski definition) is 3. The highest BCUT2D eigenvalue weighted by atomic mass is 16.4. The molecule has 3 N–H and O–H groups in total. The maximum atomic E-state index is 13.1. The third-order valence-electron chi connectivity index (χ3n) is 8.60. The topological polar surface area (TPSA) is 112 Å². The molecule has 1 rings (SSSR count). The third kappa shape index (κ3) is 10.4. The summed E-state index contributed by atoms with van der Waals surface area (Å²) in [5.74, 6) is -3.54. The summed E-state index contributed by atoms with van der Waals surface area (Å²) in [5.41, 5.74) is -2.95. The Balaban J connectivity index is 3.36. The zero-order valence-electron chi connectivity index (χ0n) is 25.1. The fraction of sp³-hybridized carbons (Fsp3) is 0.788. The molecule has 0 aliphatic heterocycles. The van der Waals surface area contributed by atoms with E-state index in [-0.39, 0.29) is 18.4 Å². The molecule has 2 atom stereocenters. The second-order valence-corrected chi connectivity index (χ2v) is 11.6. The van der Waals surface area contributed by atoms with Gasteiger partial charge in [0, 0.05) is 0 Å². The van der Waals surface area contributed by atoms with E-state index in [9.17, 15) is 29.7 Å². The predicted molar refractivity (Wildman–Crippen MR) is 158 cm³/mol. The van der Waals surface area contributed by atoms with Crippen LogP contribution in [0.4, 0.5) is 0 Å². The molecular weight excluding hydrogens is 492 g/mol. The Labute approximate surface area is 237 Å². The van der Waals surface area contributed by atoms with Crippen LogP contribution in [-0.2, 0) is 14.4 Å². The summed E-state index contributed by atoms with van der Waals surface area (Å²) in [6.45, 7) is 6.44. The molecule has 0 saturated carbocycles. The van der Waals surface area contributed by atoms with Gasteiger partial charge in [-0.05, 0) is 31.3 Å². The van der Waals surface area contributed by atoms with Crippen LogP contribution in [0, 0.1) is 10.8 Å². The van der Waals surface area contributed by atoms with E-state index in [0.717, 1.165) is 96.3 Å². The fourth-order valence-electron chi connectivity index (χ4n) is 6.15. The molecule has 1 aliphatic carbocycles. The number of unbranched alkanes of at least 4 members (excludes halogenated alkanes) is 15. The van der Waals surface area contributed by atoms with Crippen LogP contribution in [0.25, 0.3) is 0 Å². The third-order valence-corrected chi connectivity index (χ3v) is 8.60. The van der Waals surface area contributed by atoms with Gasteiger partial charge in [-0.25, -0.2) is 4.79 Å². The van der Waals surface area contributed by atoms with Crippen molar-refractivity contribution in [2.75, 3.05) is 0 Å². The number of carboxylic acid groups (broad SMARTS) is 3. The minimum absolute atomic E-state index is 0.0169. The first-order valence-electron chi connectivity index (χ1n) is 15.9. The molecular formula is C33H56O6. The van der Waals surface area contributed by atoms with E-state index < -0.39 is 28.7 Å². The molecule has 0 aromatic rings. The molecule has 0 fully saturated rings. The predicted octanol–water partition coefficient (Wildman–Crippen LogP) is 9.33. The second-order valence-electron chi connectivity index (χ2n) is 11.6. The van der Waals surface area contributed by atoms with Gasteiger partial charge >= 0.3 is 17.9 Å². The highest BCUT2D eigenvalue weighted by Crippen LogP contribution is 2.55. The largest absolute Gasteiger partial charge is 0.481 e. The molecule has 6 nitrogen and oxygen atoms in total. The van der Waals surface area contributed by atoms with E-state index in [1.807, 2.05) is 0 Å². The Hall–Kier alpha value is -2.11. The first-order valence-corrected chi connectivity index (χ1v) is 15.9. The molecule has 0 amide bonds. The average Bonchev–Trinajstić information content (AvgIpc) is 2.90. The van der Waals surface area contributed by atoms with E-state index in [1.165, 1.54) is 12.5 Å². The lowest BCUT2D eigenvalue weighted by Crippen LogP contribution is -2.52. The summed E-state index contributed by atoms with van der Waals surface area (Å²) in [5, 5.41) is 31.5. The van der Waals surface area contributed by atoms with Gasteiger partial charge in [-0.15, -0.1) is 0 Å². The Morgan fingerprint density at radius 1 is 0.538 bits per heavy atom. The van der Waals surface area contributed by atoms with E-state index in [2.05, 4.69) is 20.8 Å². The van der Waals surface area contributed by atoms with Crippen molar-refractivity contribution < 1.29 is 29.7 Å².